The second kappa shape index (κ2) is 7.18. The van der Waals surface area contributed by atoms with Crippen molar-refractivity contribution in [3.05, 3.63) is 29.3 Å². The summed E-state index contributed by atoms with van der Waals surface area (Å²) in [6.45, 7) is 0. The van der Waals surface area contributed by atoms with Crippen molar-refractivity contribution in [3.8, 4) is 5.75 Å². The smallest absolute Gasteiger partial charge is 0.305 e. The zero-order chi connectivity index (χ0) is 17.0. The molecule has 0 saturated carbocycles. The van der Waals surface area contributed by atoms with Crippen molar-refractivity contribution in [1.82, 2.24) is 5.32 Å². The van der Waals surface area contributed by atoms with Gasteiger partial charge in [-0.1, -0.05) is 11.8 Å². The molecule has 122 valence electrons. The lowest BCUT2D eigenvalue weighted by atomic mass is 10.2. The quantitative estimate of drug-likeness (QED) is 0.621. The molecule has 23 heavy (non-hydrogen) atoms. The fraction of sp³-hybridized carbons (Fsp3) is 0.231. The van der Waals surface area contributed by atoms with E-state index in [9.17, 15) is 18.4 Å². The predicted octanol–water partition coefficient (Wildman–Crippen LogP) is 1.37. The third-order valence-electron chi connectivity index (χ3n) is 2.76. The molecule has 7 nitrogen and oxygen atoms in total. The van der Waals surface area contributed by atoms with Crippen LogP contribution in [0.4, 0.5) is 8.78 Å². The average Bonchev–Trinajstić information content (AvgIpc) is 2.81. The number of nitrogens with zero attached hydrogens (tertiary/aromatic N) is 2. The average molecular weight is 343 g/mol. The zero-order valence-corrected chi connectivity index (χ0v) is 12.6. The molecule has 0 aromatic heterocycles. The predicted molar refractivity (Wildman–Crippen MR) is 79.7 cm³/mol. The number of carboxylic acids is 1. The molecule has 0 spiro atoms. The van der Waals surface area contributed by atoms with Gasteiger partial charge in [0.1, 0.15) is 22.6 Å². The Bertz CT molecular complexity index is 685. The number of thioether (sulfide) groups is 1. The number of methoxy groups -OCH3 is 1. The van der Waals surface area contributed by atoms with Crippen LogP contribution in [0.2, 0.25) is 0 Å². The molecule has 1 aliphatic heterocycles. The second-order valence-electron chi connectivity index (χ2n) is 4.35. The Labute approximate surface area is 133 Å². The van der Waals surface area contributed by atoms with Gasteiger partial charge in [-0.25, -0.2) is 8.78 Å². The first-order valence-electron chi connectivity index (χ1n) is 6.24. The molecule has 2 rings (SSSR count). The third kappa shape index (κ3) is 4.25. The molecule has 1 aliphatic rings. The second-order valence-corrected chi connectivity index (χ2v) is 5.54. The van der Waals surface area contributed by atoms with Gasteiger partial charge < -0.3 is 15.2 Å². The number of carbonyl (C=O) groups excluding carboxylic acids is 1. The number of halogens is 2. The normalized spacial score (nSPS) is 19.3. The highest BCUT2D eigenvalue weighted by Crippen LogP contribution is 2.22. The van der Waals surface area contributed by atoms with E-state index in [-0.39, 0.29) is 17.3 Å². The maximum absolute atomic E-state index is 13.7. The van der Waals surface area contributed by atoms with Crippen molar-refractivity contribution in [1.29, 1.82) is 0 Å². The summed E-state index contributed by atoms with van der Waals surface area (Å²) in [5, 5.41) is 17.4. The summed E-state index contributed by atoms with van der Waals surface area (Å²) in [6.07, 6.45) is 0.495. The van der Waals surface area contributed by atoms with Crippen molar-refractivity contribution in [2.75, 3.05) is 7.11 Å². The summed E-state index contributed by atoms with van der Waals surface area (Å²) >= 11 is 0.884. The molecule has 1 aromatic rings. The lowest BCUT2D eigenvalue weighted by molar-refractivity contribution is -0.138. The van der Waals surface area contributed by atoms with E-state index in [1.165, 1.54) is 7.11 Å². The summed E-state index contributed by atoms with van der Waals surface area (Å²) in [7, 11) is 1.28. The van der Waals surface area contributed by atoms with E-state index in [0.29, 0.717) is 0 Å². The largest absolute Gasteiger partial charge is 0.497 e. The van der Waals surface area contributed by atoms with Crippen molar-refractivity contribution in [2.24, 2.45) is 10.2 Å². The van der Waals surface area contributed by atoms with Crippen LogP contribution in [0.25, 0.3) is 0 Å². The van der Waals surface area contributed by atoms with Gasteiger partial charge in [-0.2, -0.15) is 5.10 Å². The van der Waals surface area contributed by atoms with E-state index in [0.717, 1.165) is 30.1 Å². The number of hydrogen-bond donors (Lipinski definition) is 2. The highest BCUT2D eigenvalue weighted by molar-refractivity contribution is 8.15. The Morgan fingerprint density at radius 2 is 2.13 bits per heavy atom. The van der Waals surface area contributed by atoms with Gasteiger partial charge in [0.25, 0.3) is 0 Å². The number of nitrogens with one attached hydrogen (secondary N) is 1. The first kappa shape index (κ1) is 16.9. The van der Waals surface area contributed by atoms with Crippen molar-refractivity contribution >= 4 is 35.0 Å². The van der Waals surface area contributed by atoms with E-state index < -0.39 is 34.3 Å². The minimum absolute atomic E-state index is 0.0265. The number of amidine groups is 1. The molecule has 0 bridgehead atoms. The Hall–Kier alpha value is -2.49. The molecule has 10 heteroatoms. The van der Waals surface area contributed by atoms with E-state index in [2.05, 4.69) is 15.5 Å². The van der Waals surface area contributed by atoms with Gasteiger partial charge in [0, 0.05) is 12.1 Å². The highest BCUT2D eigenvalue weighted by atomic mass is 32.2. The standard InChI is InChI=1S/C13H11F2N3O4S/c1-22-6-2-8(14)7(9(15)3-6)5-16-18-13-17-12(21)10(23-13)4-11(19)20/h2-3,5,10H,4H2,1H3,(H,19,20)(H,17,18,21). The van der Waals surface area contributed by atoms with Crippen LogP contribution >= 0.6 is 11.8 Å². The van der Waals surface area contributed by atoms with Gasteiger partial charge in [0.15, 0.2) is 5.17 Å². The number of aliphatic carboxylic acids is 1. The zero-order valence-electron chi connectivity index (χ0n) is 11.7. The molecule has 1 heterocycles. The number of benzene rings is 1. The molecule has 1 amide bonds. The first-order chi connectivity index (χ1) is 10.9. The van der Waals surface area contributed by atoms with E-state index in [1.807, 2.05) is 0 Å². The Morgan fingerprint density at radius 3 is 2.70 bits per heavy atom. The summed E-state index contributed by atoms with van der Waals surface area (Å²) in [4.78, 5) is 22.0. The number of carbonyl (C=O) groups is 2. The molecule has 1 fully saturated rings. The van der Waals surface area contributed by atoms with Gasteiger partial charge in [-0.15, -0.1) is 5.10 Å². The van der Waals surface area contributed by atoms with Crippen molar-refractivity contribution < 1.29 is 28.2 Å². The molecule has 1 saturated heterocycles. The molecule has 1 aromatic carbocycles. The van der Waals surface area contributed by atoms with Crippen molar-refractivity contribution in [3.63, 3.8) is 0 Å². The van der Waals surface area contributed by atoms with Crippen LogP contribution in [-0.2, 0) is 9.59 Å². The summed E-state index contributed by atoms with van der Waals surface area (Å²) in [6, 6.07) is 1.99. The SMILES string of the molecule is COc1cc(F)c(C=NN=C2NC(=O)C(CC(=O)O)S2)c(F)c1. The van der Waals surface area contributed by atoms with Crippen LogP contribution in [0.1, 0.15) is 12.0 Å². The molecule has 0 radical (unpaired) electrons. The topological polar surface area (TPSA) is 100 Å². The lowest BCUT2D eigenvalue weighted by Gasteiger charge is -2.02. The van der Waals surface area contributed by atoms with Crippen LogP contribution < -0.4 is 10.1 Å². The molecule has 1 atom stereocenters. The number of hydrogen-bond acceptors (Lipinski definition) is 6. The van der Waals surface area contributed by atoms with Gasteiger partial charge in [0.05, 0.1) is 25.3 Å². The molecule has 2 N–H and O–H groups in total. The fourth-order valence-corrected chi connectivity index (χ4v) is 2.60. The summed E-state index contributed by atoms with van der Waals surface area (Å²) in [5.41, 5.74) is -0.411. The first-order valence-corrected chi connectivity index (χ1v) is 7.12. The maximum Gasteiger partial charge on any atom is 0.305 e. The number of ether oxygens (including phenoxy) is 1. The third-order valence-corrected chi connectivity index (χ3v) is 3.83. The Balaban J connectivity index is 2.10. The highest BCUT2D eigenvalue weighted by Gasteiger charge is 2.32. The minimum Gasteiger partial charge on any atom is -0.497 e. The van der Waals surface area contributed by atoms with Crippen LogP contribution in [0, 0.1) is 11.6 Å². The Kier molecular flexibility index (Phi) is 5.27. The van der Waals surface area contributed by atoms with E-state index >= 15 is 0 Å². The number of rotatable bonds is 5. The van der Waals surface area contributed by atoms with Gasteiger partial charge >= 0.3 is 5.97 Å². The van der Waals surface area contributed by atoms with Gasteiger partial charge in [0.2, 0.25) is 5.91 Å². The fourth-order valence-electron chi connectivity index (χ4n) is 1.69. The van der Waals surface area contributed by atoms with Crippen molar-refractivity contribution in [2.45, 2.75) is 11.7 Å². The number of carboxylic acid groups (broad SMARTS) is 1. The van der Waals surface area contributed by atoms with Crippen LogP contribution in [0.15, 0.2) is 22.3 Å². The summed E-state index contributed by atoms with van der Waals surface area (Å²) < 4.78 is 32.1. The molecular formula is C13H11F2N3O4S. The molecular weight excluding hydrogens is 332 g/mol. The van der Waals surface area contributed by atoms with Crippen LogP contribution in [-0.4, -0.2) is 40.7 Å². The lowest BCUT2D eigenvalue weighted by Crippen LogP contribution is -2.26. The Morgan fingerprint density at radius 1 is 1.48 bits per heavy atom. The van der Waals surface area contributed by atoms with Crippen LogP contribution in [0.3, 0.4) is 0 Å². The van der Waals surface area contributed by atoms with Gasteiger partial charge in [-0.05, 0) is 0 Å². The number of amides is 1. The van der Waals surface area contributed by atoms with Gasteiger partial charge in [-0.3, -0.25) is 9.59 Å². The monoisotopic (exact) mass is 343 g/mol. The summed E-state index contributed by atoms with van der Waals surface area (Å²) in [5.74, 6) is -3.35. The maximum atomic E-state index is 13.7. The van der Waals surface area contributed by atoms with E-state index in [1.54, 1.807) is 0 Å². The molecule has 0 aliphatic carbocycles. The van der Waals surface area contributed by atoms with E-state index in [4.69, 9.17) is 9.84 Å². The minimum atomic E-state index is -1.12. The molecule has 1 unspecified atom stereocenters. The van der Waals surface area contributed by atoms with Crippen LogP contribution in [0.5, 0.6) is 5.75 Å².